The van der Waals surface area contributed by atoms with E-state index in [0.717, 1.165) is 10.6 Å². The molecular weight excluding hydrogens is 488 g/mol. The zero-order valence-electron chi connectivity index (χ0n) is 17.4. The van der Waals surface area contributed by atoms with Crippen molar-refractivity contribution >= 4 is 30.2 Å². The van der Waals surface area contributed by atoms with Gasteiger partial charge in [0, 0.05) is 11.1 Å². The Morgan fingerprint density at radius 3 is 2.21 bits per heavy atom. The third-order valence-electron chi connectivity index (χ3n) is 4.39. The summed E-state index contributed by atoms with van der Waals surface area (Å²) in [5.74, 6) is -0.586. The van der Waals surface area contributed by atoms with E-state index in [2.05, 4.69) is 4.98 Å². The molecule has 0 saturated carbocycles. The second kappa shape index (κ2) is 9.72. The molecule has 178 valence electrons. The number of fused-ring (bicyclic) bond motifs is 1. The largest absolute Gasteiger partial charge is 0.457 e. The quantitative estimate of drug-likeness (QED) is 0.325. The fourth-order valence-electron chi connectivity index (χ4n) is 3.06. The van der Waals surface area contributed by atoms with Gasteiger partial charge >= 0.3 is 24.9 Å². The van der Waals surface area contributed by atoms with Crippen molar-refractivity contribution in [3.05, 3.63) is 67.7 Å². The number of alkyl halides is 3. The molecule has 1 aromatic heterocycles. The van der Waals surface area contributed by atoms with Crippen LogP contribution in [0.25, 0.3) is 11.0 Å². The Kier molecular flexibility index (Phi) is 7.38. The van der Waals surface area contributed by atoms with Gasteiger partial charge in [0.25, 0.3) is 0 Å². The fourth-order valence-corrected chi connectivity index (χ4v) is 4.84. The average Bonchev–Trinajstić information content (AvgIpc) is 2.73. The Morgan fingerprint density at radius 2 is 1.67 bits per heavy atom. The van der Waals surface area contributed by atoms with Gasteiger partial charge in [-0.05, 0) is 44.2 Å². The van der Waals surface area contributed by atoms with Gasteiger partial charge in [-0.3, -0.25) is 18.7 Å². The second-order valence-electron chi connectivity index (χ2n) is 6.69. The number of nitrogens with one attached hydrogen (secondary N) is 1. The van der Waals surface area contributed by atoms with Crippen molar-refractivity contribution in [2.75, 3.05) is 13.2 Å². The molecule has 0 amide bonds. The van der Waals surface area contributed by atoms with Gasteiger partial charge in [-0.1, -0.05) is 11.6 Å². The molecule has 3 rings (SSSR count). The van der Waals surface area contributed by atoms with Gasteiger partial charge in [0.15, 0.2) is 0 Å². The monoisotopic (exact) mass is 506 g/mol. The van der Waals surface area contributed by atoms with Crippen LogP contribution in [0, 0.1) is 0 Å². The van der Waals surface area contributed by atoms with Gasteiger partial charge in [0.05, 0.1) is 24.2 Å². The van der Waals surface area contributed by atoms with Crippen LogP contribution in [0.2, 0.25) is 5.02 Å². The maximum Gasteiger partial charge on any atom is 0.420 e. The summed E-state index contributed by atoms with van der Waals surface area (Å²) in [7, 11) is -3.89. The standard InChI is InChI=1S/C20H19ClF3N2O6P/c1-3-30-33(29,31-4-2)11-26-16-10-17(32-13-7-5-12(21)6-8-13)14(20(22,23)24)9-15(16)25-18(27)19(26)28/h5-10H,3-4,11H2,1-2H3,(H,25,27). The summed E-state index contributed by atoms with van der Waals surface area (Å²) in [4.78, 5) is 26.8. The number of halogens is 4. The highest BCUT2D eigenvalue weighted by Gasteiger charge is 2.36. The van der Waals surface area contributed by atoms with Crippen LogP contribution in [-0.2, 0) is 26.1 Å². The van der Waals surface area contributed by atoms with E-state index in [4.69, 9.17) is 25.4 Å². The lowest BCUT2D eigenvalue weighted by Gasteiger charge is -2.20. The van der Waals surface area contributed by atoms with E-state index in [-0.39, 0.29) is 30.0 Å². The first-order valence-corrected chi connectivity index (χ1v) is 11.8. The van der Waals surface area contributed by atoms with Crippen LogP contribution >= 0.6 is 19.2 Å². The van der Waals surface area contributed by atoms with Crippen molar-refractivity contribution in [2.45, 2.75) is 26.3 Å². The summed E-state index contributed by atoms with van der Waals surface area (Å²) >= 11 is 5.80. The summed E-state index contributed by atoms with van der Waals surface area (Å²) in [6.07, 6.45) is -5.53. The Balaban J connectivity index is 2.26. The minimum Gasteiger partial charge on any atom is -0.457 e. The van der Waals surface area contributed by atoms with Gasteiger partial charge in [-0.2, -0.15) is 13.2 Å². The second-order valence-corrected chi connectivity index (χ2v) is 9.15. The molecule has 1 heterocycles. The van der Waals surface area contributed by atoms with Gasteiger partial charge in [-0.15, -0.1) is 0 Å². The molecule has 0 aliphatic heterocycles. The number of hydrogen-bond donors (Lipinski definition) is 1. The van der Waals surface area contributed by atoms with Crippen LogP contribution in [0.1, 0.15) is 19.4 Å². The summed E-state index contributed by atoms with van der Waals surface area (Å²) in [5.41, 5.74) is -3.99. The zero-order valence-corrected chi connectivity index (χ0v) is 19.1. The van der Waals surface area contributed by atoms with Crippen molar-refractivity contribution in [1.29, 1.82) is 0 Å². The van der Waals surface area contributed by atoms with Crippen molar-refractivity contribution in [2.24, 2.45) is 0 Å². The third-order valence-corrected chi connectivity index (χ3v) is 6.57. The molecule has 0 saturated heterocycles. The number of hydrogen-bond acceptors (Lipinski definition) is 6. The van der Waals surface area contributed by atoms with E-state index in [1.54, 1.807) is 13.8 Å². The first-order chi connectivity index (χ1) is 15.5. The summed E-state index contributed by atoms with van der Waals surface area (Å²) < 4.78 is 70.8. The molecule has 8 nitrogen and oxygen atoms in total. The number of aromatic nitrogens is 2. The molecule has 0 spiro atoms. The Hall–Kier alpha value is -2.59. The molecule has 2 aromatic carbocycles. The molecular formula is C20H19ClF3N2O6P. The first kappa shape index (κ1) is 25.0. The molecule has 0 unspecified atom stereocenters. The molecule has 0 bridgehead atoms. The molecule has 1 N–H and O–H groups in total. The van der Waals surface area contributed by atoms with E-state index < -0.39 is 42.5 Å². The van der Waals surface area contributed by atoms with E-state index in [9.17, 15) is 27.3 Å². The van der Waals surface area contributed by atoms with E-state index in [1.165, 1.54) is 24.3 Å². The highest BCUT2D eigenvalue weighted by molar-refractivity contribution is 7.52. The lowest BCUT2D eigenvalue weighted by atomic mass is 10.1. The SMILES string of the molecule is CCOP(=O)(Cn1c(=O)c(=O)[nH]c2cc(C(F)(F)F)c(Oc3ccc(Cl)cc3)cc21)OCC. The van der Waals surface area contributed by atoms with Crippen molar-refractivity contribution in [3.8, 4) is 11.5 Å². The van der Waals surface area contributed by atoms with Crippen LogP contribution in [0.5, 0.6) is 11.5 Å². The summed E-state index contributed by atoms with van der Waals surface area (Å²) in [5, 5.41) is 0.353. The molecule has 33 heavy (non-hydrogen) atoms. The van der Waals surface area contributed by atoms with Crippen molar-refractivity contribution in [3.63, 3.8) is 0 Å². The van der Waals surface area contributed by atoms with Crippen LogP contribution in [0.15, 0.2) is 46.0 Å². The van der Waals surface area contributed by atoms with Crippen LogP contribution < -0.4 is 15.9 Å². The predicted molar refractivity (Wildman–Crippen MR) is 116 cm³/mol. The molecule has 0 aliphatic carbocycles. The summed E-state index contributed by atoms with van der Waals surface area (Å²) in [6, 6.07) is 7.17. The topological polar surface area (TPSA) is 99.6 Å². The zero-order chi connectivity index (χ0) is 24.4. The maximum absolute atomic E-state index is 13.7. The maximum atomic E-state index is 13.7. The molecule has 0 fully saturated rings. The minimum atomic E-state index is -4.85. The lowest BCUT2D eigenvalue weighted by Crippen LogP contribution is -2.36. The van der Waals surface area contributed by atoms with Gasteiger partial charge < -0.3 is 18.8 Å². The van der Waals surface area contributed by atoms with Gasteiger partial charge in [0.1, 0.15) is 23.3 Å². The van der Waals surface area contributed by atoms with E-state index in [0.29, 0.717) is 11.1 Å². The fraction of sp³-hybridized carbons (Fsp3) is 0.300. The first-order valence-electron chi connectivity index (χ1n) is 9.67. The smallest absolute Gasteiger partial charge is 0.420 e. The molecule has 0 aliphatic rings. The minimum absolute atomic E-state index is 0.0176. The number of H-pyrrole nitrogens is 1. The highest BCUT2D eigenvalue weighted by atomic mass is 35.5. The third kappa shape index (κ3) is 5.67. The van der Waals surface area contributed by atoms with Crippen molar-refractivity contribution < 1.29 is 31.5 Å². The van der Waals surface area contributed by atoms with Gasteiger partial charge in [0.2, 0.25) is 0 Å². The van der Waals surface area contributed by atoms with Crippen LogP contribution in [-0.4, -0.2) is 22.8 Å². The molecule has 0 atom stereocenters. The van der Waals surface area contributed by atoms with Crippen molar-refractivity contribution in [1.82, 2.24) is 9.55 Å². The molecule has 0 radical (unpaired) electrons. The molecule has 13 heteroatoms. The lowest BCUT2D eigenvalue weighted by molar-refractivity contribution is -0.138. The Labute approximate surface area is 190 Å². The number of aromatic amines is 1. The highest BCUT2D eigenvalue weighted by Crippen LogP contribution is 2.50. The van der Waals surface area contributed by atoms with E-state index >= 15 is 0 Å². The number of nitrogens with zero attached hydrogens (tertiary/aromatic N) is 1. The Bertz CT molecular complexity index is 1310. The number of ether oxygens (including phenoxy) is 1. The number of rotatable bonds is 8. The summed E-state index contributed by atoms with van der Waals surface area (Å²) in [6.45, 7) is 3.07. The van der Waals surface area contributed by atoms with Crippen LogP contribution in [0.4, 0.5) is 13.2 Å². The predicted octanol–water partition coefficient (Wildman–Crippen LogP) is 5.38. The van der Waals surface area contributed by atoms with E-state index in [1.807, 2.05) is 0 Å². The van der Waals surface area contributed by atoms with Gasteiger partial charge in [-0.25, -0.2) is 0 Å². The molecule has 3 aromatic rings. The Morgan fingerprint density at radius 1 is 1.06 bits per heavy atom. The number of benzene rings is 2. The normalized spacial score (nSPS) is 12.3. The average molecular weight is 507 g/mol. The van der Waals surface area contributed by atoms with Crippen LogP contribution in [0.3, 0.4) is 0 Å².